The number of aliphatic hydroxyl groups excluding tert-OH is 1. The molecule has 9 nitrogen and oxygen atoms in total. The third-order valence-electron chi connectivity index (χ3n) is 8.25. The van der Waals surface area contributed by atoms with Crippen LogP contribution in [0, 0.1) is 5.92 Å². The lowest BCUT2D eigenvalue weighted by Crippen LogP contribution is -2.43. The molecule has 46 heavy (non-hydrogen) atoms. The van der Waals surface area contributed by atoms with Crippen molar-refractivity contribution in [1.29, 1.82) is 0 Å². The van der Waals surface area contributed by atoms with E-state index in [0.29, 0.717) is 30.4 Å². The number of alkyl halides is 1. The number of carbonyl (C=O) groups is 1. The number of hydrogen-bond donors (Lipinski definition) is 2. The monoisotopic (exact) mass is 704 g/mol. The molecule has 0 radical (unpaired) electrons. The van der Waals surface area contributed by atoms with Crippen molar-refractivity contribution in [1.82, 2.24) is 20.4 Å². The number of rotatable bonds is 10. The Labute approximate surface area is 293 Å². The van der Waals surface area contributed by atoms with E-state index in [1.807, 2.05) is 6.07 Å². The molecule has 0 spiro atoms. The SMILES string of the molecule is CCCCc1nnc(OC[C@@H]2CN(C)CC[C@@H]2O)cc1-c1ccc(OC2CCCCC2)cc1.COCCl.Cl.Cl.O=C1CCNCC1. The van der Waals surface area contributed by atoms with Crippen molar-refractivity contribution in [2.75, 3.05) is 53.0 Å². The maximum Gasteiger partial charge on any atom is 0.234 e. The minimum absolute atomic E-state index is 0. The average Bonchev–Trinajstić information content (AvgIpc) is 3.06. The Kier molecular flexibility index (Phi) is 22.5. The molecule has 262 valence electrons. The Bertz CT molecular complexity index is 1080. The summed E-state index contributed by atoms with van der Waals surface area (Å²) in [5.41, 5.74) is 3.18. The fraction of sp³-hybridized carbons (Fsp3) is 0.676. The number of nitrogens with zero attached hydrogens (tertiary/aromatic N) is 3. The molecular formula is C34H55Cl3N4O5. The number of unbranched alkanes of at least 4 members (excludes halogenated alkanes) is 1. The second-order valence-corrected chi connectivity index (χ2v) is 12.1. The quantitative estimate of drug-likeness (QED) is 0.268. The van der Waals surface area contributed by atoms with Gasteiger partial charge in [-0.1, -0.05) is 43.5 Å². The summed E-state index contributed by atoms with van der Waals surface area (Å²) >= 11 is 4.96. The van der Waals surface area contributed by atoms with Gasteiger partial charge in [0, 0.05) is 63.7 Å². The Balaban J connectivity index is 0.000000695. The van der Waals surface area contributed by atoms with Gasteiger partial charge < -0.3 is 29.5 Å². The maximum atomic E-state index is 10.4. The number of ketones is 1. The first-order chi connectivity index (χ1) is 21.4. The van der Waals surface area contributed by atoms with E-state index in [1.54, 1.807) is 7.11 Å². The first kappa shape index (κ1) is 42.3. The molecule has 3 fully saturated rings. The van der Waals surface area contributed by atoms with Crippen LogP contribution in [0.1, 0.15) is 76.8 Å². The Morgan fingerprint density at radius 1 is 1.04 bits per heavy atom. The van der Waals surface area contributed by atoms with Crippen LogP contribution < -0.4 is 14.8 Å². The van der Waals surface area contributed by atoms with Gasteiger partial charge in [-0.15, -0.1) is 29.9 Å². The molecule has 3 heterocycles. The lowest BCUT2D eigenvalue weighted by molar-refractivity contribution is -0.119. The summed E-state index contributed by atoms with van der Waals surface area (Å²) in [6.45, 7) is 6.17. The minimum Gasteiger partial charge on any atom is -0.490 e. The van der Waals surface area contributed by atoms with Crippen LogP contribution in [0.5, 0.6) is 11.6 Å². The number of likely N-dealkylation sites (tertiary alicyclic amines) is 1. The predicted molar refractivity (Wildman–Crippen MR) is 190 cm³/mol. The van der Waals surface area contributed by atoms with Gasteiger partial charge >= 0.3 is 0 Å². The van der Waals surface area contributed by atoms with Crippen LogP contribution in [-0.4, -0.2) is 91.2 Å². The second-order valence-electron chi connectivity index (χ2n) is 11.9. The molecule has 2 N–H and O–H groups in total. The topological polar surface area (TPSA) is 106 Å². The summed E-state index contributed by atoms with van der Waals surface area (Å²) in [5, 5.41) is 22.3. The van der Waals surface area contributed by atoms with Crippen LogP contribution >= 0.6 is 36.4 Å². The van der Waals surface area contributed by atoms with E-state index >= 15 is 0 Å². The number of halogens is 3. The molecule has 1 aromatic carbocycles. The normalized spacial score (nSPS) is 20.1. The standard InChI is InChI=1S/C27H39N3O3.C5H9NO.C2H5ClO.2ClH/c1-3-4-10-25-24(20-11-13-23(14-12-20)33-22-8-6-5-7-9-22)17-27(29-28-25)32-19-21-18-30(2)16-15-26(21)31;7-5-1-3-6-4-2-5;1-4-2-3;;/h11-14,17,21-22,26,31H,3-10,15-16,18-19H2,1-2H3;6H,1-4H2;2H2,1H3;2*1H/t21-,26-;;;;/m0..../s1. The highest BCUT2D eigenvalue weighted by Gasteiger charge is 2.27. The van der Waals surface area contributed by atoms with E-state index in [0.717, 1.165) is 100 Å². The van der Waals surface area contributed by atoms with Gasteiger partial charge in [-0.3, -0.25) is 4.79 Å². The summed E-state index contributed by atoms with van der Waals surface area (Å²) in [6, 6.07) is 10.7. The van der Waals surface area contributed by atoms with Crippen LogP contribution in [0.2, 0.25) is 0 Å². The van der Waals surface area contributed by atoms with Crippen molar-refractivity contribution in [2.45, 2.75) is 89.8 Å². The first-order valence-corrected chi connectivity index (χ1v) is 16.9. The van der Waals surface area contributed by atoms with Crippen LogP contribution in [-0.2, 0) is 16.0 Å². The van der Waals surface area contributed by atoms with Crippen molar-refractivity contribution in [3.05, 3.63) is 36.0 Å². The zero-order valence-electron chi connectivity index (χ0n) is 27.8. The van der Waals surface area contributed by atoms with Gasteiger partial charge in [0.05, 0.1) is 24.5 Å². The molecule has 0 bridgehead atoms. The van der Waals surface area contributed by atoms with Gasteiger partial charge in [-0.05, 0) is 69.7 Å². The van der Waals surface area contributed by atoms with E-state index in [-0.39, 0.29) is 36.8 Å². The van der Waals surface area contributed by atoms with E-state index < -0.39 is 0 Å². The average molecular weight is 706 g/mol. The van der Waals surface area contributed by atoms with Crippen LogP contribution in [0.4, 0.5) is 0 Å². The highest BCUT2D eigenvalue weighted by atomic mass is 35.5. The molecule has 5 rings (SSSR count). The number of Topliss-reactive ketones (excluding diaryl/α,β-unsaturated/α-hetero) is 1. The molecule has 1 aliphatic carbocycles. The summed E-state index contributed by atoms with van der Waals surface area (Å²) in [7, 11) is 3.63. The number of nitrogens with one attached hydrogen (secondary N) is 1. The molecule has 3 aliphatic rings. The van der Waals surface area contributed by atoms with Crippen LogP contribution in [0.3, 0.4) is 0 Å². The molecule has 12 heteroatoms. The number of piperidine rings is 2. The third-order valence-corrected chi connectivity index (χ3v) is 8.47. The number of methoxy groups -OCH3 is 1. The van der Waals surface area contributed by atoms with Crippen molar-refractivity contribution >= 4 is 42.2 Å². The number of benzene rings is 1. The Hall–Kier alpha value is -1.72. The Morgan fingerprint density at radius 3 is 2.30 bits per heavy atom. The number of aliphatic hydroxyl groups is 1. The molecule has 1 aromatic heterocycles. The molecule has 0 unspecified atom stereocenters. The van der Waals surface area contributed by atoms with Crippen molar-refractivity contribution in [3.8, 4) is 22.8 Å². The predicted octanol–water partition coefficient (Wildman–Crippen LogP) is 6.50. The van der Waals surface area contributed by atoms with E-state index in [2.05, 4.69) is 63.4 Å². The number of aromatic nitrogens is 2. The van der Waals surface area contributed by atoms with E-state index in [1.165, 1.54) is 19.3 Å². The maximum absolute atomic E-state index is 10.4. The first-order valence-electron chi connectivity index (χ1n) is 16.3. The van der Waals surface area contributed by atoms with Crippen LogP contribution in [0.25, 0.3) is 11.1 Å². The molecule has 1 saturated carbocycles. The van der Waals surface area contributed by atoms with Gasteiger partial charge in [0.2, 0.25) is 5.88 Å². The van der Waals surface area contributed by atoms with Crippen LogP contribution in [0.15, 0.2) is 30.3 Å². The number of hydrogen-bond acceptors (Lipinski definition) is 9. The third kappa shape index (κ3) is 15.5. The molecular weight excluding hydrogens is 651 g/mol. The lowest BCUT2D eigenvalue weighted by atomic mass is 9.96. The van der Waals surface area contributed by atoms with Crippen molar-refractivity contribution in [2.24, 2.45) is 5.92 Å². The number of carbonyl (C=O) groups excluding carboxylic acids is 1. The van der Waals surface area contributed by atoms with Gasteiger partial charge in [0.15, 0.2) is 0 Å². The van der Waals surface area contributed by atoms with Crippen molar-refractivity contribution in [3.63, 3.8) is 0 Å². The largest absolute Gasteiger partial charge is 0.490 e. The summed E-state index contributed by atoms with van der Waals surface area (Å²) < 4.78 is 16.5. The zero-order valence-corrected chi connectivity index (χ0v) is 30.1. The van der Waals surface area contributed by atoms with Gasteiger partial charge in [0.1, 0.15) is 17.6 Å². The van der Waals surface area contributed by atoms with Gasteiger partial charge in [0.25, 0.3) is 0 Å². The fourth-order valence-electron chi connectivity index (χ4n) is 5.60. The lowest BCUT2D eigenvalue weighted by Gasteiger charge is -2.33. The highest BCUT2D eigenvalue weighted by Crippen LogP contribution is 2.30. The Morgan fingerprint density at radius 2 is 1.72 bits per heavy atom. The molecule has 2 atom stereocenters. The fourth-order valence-corrected chi connectivity index (χ4v) is 5.60. The van der Waals surface area contributed by atoms with E-state index in [4.69, 9.17) is 21.1 Å². The number of aryl methyl sites for hydroxylation is 1. The highest BCUT2D eigenvalue weighted by molar-refractivity contribution is 6.17. The summed E-state index contributed by atoms with van der Waals surface area (Å²) in [5.74, 6) is 1.95. The molecule has 2 aliphatic heterocycles. The van der Waals surface area contributed by atoms with Crippen molar-refractivity contribution < 1.29 is 24.1 Å². The smallest absolute Gasteiger partial charge is 0.234 e. The molecule has 2 aromatic rings. The minimum atomic E-state index is -0.325. The zero-order chi connectivity index (χ0) is 31.6. The molecule has 2 saturated heterocycles. The second kappa shape index (κ2) is 24.4. The van der Waals surface area contributed by atoms with Gasteiger partial charge in [-0.2, -0.15) is 5.10 Å². The molecule has 0 amide bonds. The summed E-state index contributed by atoms with van der Waals surface area (Å²) in [6.07, 6.45) is 11.5. The summed E-state index contributed by atoms with van der Waals surface area (Å²) in [4.78, 5) is 12.7. The van der Waals surface area contributed by atoms with E-state index in [9.17, 15) is 9.90 Å². The van der Waals surface area contributed by atoms with Gasteiger partial charge in [-0.25, -0.2) is 0 Å². The number of ether oxygens (including phenoxy) is 3.